The lowest BCUT2D eigenvalue weighted by Gasteiger charge is -2.14. The number of carbonyl (C=O) groups excluding carboxylic acids is 1. The zero-order chi connectivity index (χ0) is 22.5. The van der Waals surface area contributed by atoms with Gasteiger partial charge in [0.15, 0.2) is 0 Å². The molecule has 0 N–H and O–H groups in total. The molecule has 0 amide bonds. The molecular formula is C23H30N5O3Si. The summed E-state index contributed by atoms with van der Waals surface area (Å²) in [4.78, 5) is 21.0. The number of allylic oxidation sites excluding steroid dienone is 1. The molecule has 1 aliphatic rings. The van der Waals surface area contributed by atoms with Gasteiger partial charge in [-0.1, -0.05) is 25.9 Å². The van der Waals surface area contributed by atoms with E-state index in [1.54, 1.807) is 23.3 Å². The summed E-state index contributed by atoms with van der Waals surface area (Å²) in [5.74, 6) is -0.0524. The molecule has 1 fully saturated rings. The van der Waals surface area contributed by atoms with Crippen molar-refractivity contribution in [3.8, 4) is 11.3 Å². The fourth-order valence-corrected chi connectivity index (χ4v) is 4.69. The molecule has 8 nitrogen and oxygen atoms in total. The number of hydrogen-bond acceptors (Lipinski definition) is 6. The van der Waals surface area contributed by atoms with Crippen LogP contribution in [0.5, 0.6) is 0 Å². The number of carbonyl (C=O) groups is 1. The largest absolute Gasteiger partial charge is 0.466 e. The molecule has 0 unspecified atom stereocenters. The van der Waals surface area contributed by atoms with Crippen LogP contribution in [0.1, 0.15) is 25.7 Å². The van der Waals surface area contributed by atoms with Crippen molar-refractivity contribution >= 4 is 31.5 Å². The maximum absolute atomic E-state index is 12.0. The molecule has 1 aliphatic carbocycles. The molecule has 3 aromatic heterocycles. The van der Waals surface area contributed by atoms with Gasteiger partial charge in [0.2, 0.25) is 0 Å². The molecule has 0 aliphatic heterocycles. The SMILES string of the molecule is COC(=O)C=C(C1CCCC1)n1cc(-c2ncnc3c2ccn3COCC[Si](C)C)cn1. The molecule has 4 rings (SSSR count). The van der Waals surface area contributed by atoms with Gasteiger partial charge in [-0.25, -0.2) is 19.4 Å². The van der Waals surface area contributed by atoms with Gasteiger partial charge in [0, 0.05) is 50.7 Å². The highest BCUT2D eigenvalue weighted by Crippen LogP contribution is 2.34. The van der Waals surface area contributed by atoms with Crippen LogP contribution in [0.2, 0.25) is 19.1 Å². The van der Waals surface area contributed by atoms with Crippen LogP contribution < -0.4 is 0 Å². The summed E-state index contributed by atoms with van der Waals surface area (Å²) in [5.41, 5.74) is 3.41. The van der Waals surface area contributed by atoms with Gasteiger partial charge in [-0.3, -0.25) is 0 Å². The molecule has 1 radical (unpaired) electrons. The highest BCUT2D eigenvalue weighted by molar-refractivity contribution is 6.55. The average molecular weight is 453 g/mol. The lowest BCUT2D eigenvalue weighted by atomic mass is 10.0. The molecule has 0 saturated heterocycles. The van der Waals surface area contributed by atoms with E-state index in [-0.39, 0.29) is 14.8 Å². The molecule has 3 heterocycles. The van der Waals surface area contributed by atoms with Crippen LogP contribution in [-0.2, 0) is 21.0 Å². The Hall–Kier alpha value is -2.78. The highest BCUT2D eigenvalue weighted by atomic mass is 28.3. The third-order valence-corrected chi connectivity index (χ3v) is 7.10. The number of methoxy groups -OCH3 is 1. The Bertz CT molecular complexity index is 1100. The maximum Gasteiger partial charge on any atom is 0.332 e. The summed E-state index contributed by atoms with van der Waals surface area (Å²) in [5, 5.41) is 5.52. The number of aromatic nitrogens is 5. The molecule has 9 heteroatoms. The zero-order valence-electron chi connectivity index (χ0n) is 19.0. The highest BCUT2D eigenvalue weighted by Gasteiger charge is 2.23. The topological polar surface area (TPSA) is 84.1 Å². The summed E-state index contributed by atoms with van der Waals surface area (Å²) in [6, 6.07) is 3.15. The number of rotatable bonds is 9. The van der Waals surface area contributed by atoms with E-state index in [1.165, 1.54) is 7.11 Å². The molecular weight excluding hydrogens is 422 g/mol. The number of nitrogens with zero attached hydrogens (tertiary/aromatic N) is 5. The normalized spacial score (nSPS) is 15.2. The minimum absolute atomic E-state index is 0.282. The van der Waals surface area contributed by atoms with Crippen LogP contribution in [0.4, 0.5) is 0 Å². The first-order valence-corrected chi connectivity index (χ1v) is 13.8. The molecule has 32 heavy (non-hydrogen) atoms. The summed E-state index contributed by atoms with van der Waals surface area (Å²) in [6.07, 6.45) is 13.3. The zero-order valence-corrected chi connectivity index (χ0v) is 20.0. The van der Waals surface area contributed by atoms with Crippen molar-refractivity contribution in [2.45, 2.75) is 51.6 Å². The summed E-state index contributed by atoms with van der Waals surface area (Å²) < 4.78 is 14.5. The Kier molecular flexibility index (Phi) is 7.16. The van der Waals surface area contributed by atoms with E-state index in [4.69, 9.17) is 9.47 Å². The summed E-state index contributed by atoms with van der Waals surface area (Å²) in [6.45, 7) is 5.82. The molecule has 169 valence electrons. The van der Waals surface area contributed by atoms with E-state index in [2.05, 4.69) is 28.2 Å². The number of ether oxygens (including phenoxy) is 2. The fraction of sp³-hybridized carbons (Fsp3) is 0.478. The summed E-state index contributed by atoms with van der Waals surface area (Å²) >= 11 is 0. The van der Waals surface area contributed by atoms with Crippen LogP contribution in [0.15, 0.2) is 37.1 Å². The second-order valence-electron chi connectivity index (χ2n) is 8.49. The van der Waals surface area contributed by atoms with Crippen molar-refractivity contribution in [2.24, 2.45) is 5.92 Å². The van der Waals surface area contributed by atoms with E-state index in [0.29, 0.717) is 12.6 Å². The van der Waals surface area contributed by atoms with E-state index in [9.17, 15) is 4.79 Å². The van der Waals surface area contributed by atoms with E-state index < -0.39 is 0 Å². The van der Waals surface area contributed by atoms with Crippen LogP contribution in [0, 0.1) is 5.92 Å². The second kappa shape index (κ2) is 10.2. The molecule has 3 aromatic rings. The molecule has 0 spiro atoms. The van der Waals surface area contributed by atoms with Crippen molar-refractivity contribution < 1.29 is 14.3 Å². The Morgan fingerprint density at radius 3 is 2.84 bits per heavy atom. The van der Waals surface area contributed by atoms with Crippen molar-refractivity contribution in [1.82, 2.24) is 24.3 Å². The summed E-state index contributed by atoms with van der Waals surface area (Å²) in [7, 11) is 1.12. The second-order valence-corrected chi connectivity index (χ2v) is 11.4. The molecule has 0 atom stereocenters. The van der Waals surface area contributed by atoms with Crippen molar-refractivity contribution in [3.05, 3.63) is 37.1 Å². The van der Waals surface area contributed by atoms with Gasteiger partial charge >= 0.3 is 5.97 Å². The fourth-order valence-electron chi connectivity index (χ4n) is 4.14. The van der Waals surface area contributed by atoms with Gasteiger partial charge in [0.05, 0.1) is 24.7 Å². The van der Waals surface area contributed by atoms with E-state index in [1.807, 2.05) is 23.0 Å². The lowest BCUT2D eigenvalue weighted by molar-refractivity contribution is -0.134. The number of esters is 1. The van der Waals surface area contributed by atoms with E-state index in [0.717, 1.165) is 66.3 Å². The van der Waals surface area contributed by atoms with E-state index >= 15 is 0 Å². The standard InChI is InChI=1S/C23H30N5O3Si/c1-30-21(29)12-20(17-6-4-5-7-17)28-14-18(13-26-28)22-19-8-9-27(23(19)25-15-24-22)16-31-10-11-32(2)3/h8-9,12-15,17H,4-7,10-11,16H2,1-3H3. The third kappa shape index (κ3) is 4.99. The minimum Gasteiger partial charge on any atom is -0.466 e. The van der Waals surface area contributed by atoms with Gasteiger partial charge in [-0.2, -0.15) is 5.10 Å². The van der Waals surface area contributed by atoms with Gasteiger partial charge in [0.25, 0.3) is 0 Å². The van der Waals surface area contributed by atoms with Gasteiger partial charge in [-0.05, 0) is 25.0 Å². The Labute approximate surface area is 189 Å². The van der Waals surface area contributed by atoms with Crippen LogP contribution in [0.3, 0.4) is 0 Å². The molecule has 0 bridgehead atoms. The Balaban J connectivity index is 1.60. The van der Waals surface area contributed by atoms with Gasteiger partial charge < -0.3 is 14.0 Å². The minimum atomic E-state index is -0.357. The van der Waals surface area contributed by atoms with Crippen LogP contribution >= 0.6 is 0 Å². The first kappa shape index (κ1) is 22.4. The molecule has 0 aromatic carbocycles. The van der Waals surface area contributed by atoms with Gasteiger partial charge in [0.1, 0.15) is 18.7 Å². The number of hydrogen-bond donors (Lipinski definition) is 0. The van der Waals surface area contributed by atoms with Crippen molar-refractivity contribution in [1.29, 1.82) is 0 Å². The average Bonchev–Trinajstić information content (AvgIpc) is 3.55. The first-order valence-electron chi connectivity index (χ1n) is 11.1. The Morgan fingerprint density at radius 2 is 2.09 bits per heavy atom. The third-order valence-electron chi connectivity index (χ3n) is 5.89. The van der Waals surface area contributed by atoms with Gasteiger partial charge in [-0.15, -0.1) is 0 Å². The van der Waals surface area contributed by atoms with Crippen molar-refractivity contribution in [2.75, 3.05) is 13.7 Å². The monoisotopic (exact) mass is 452 g/mol. The smallest absolute Gasteiger partial charge is 0.332 e. The predicted octanol–water partition coefficient (Wildman–Crippen LogP) is 4.23. The number of fused-ring (bicyclic) bond motifs is 1. The Morgan fingerprint density at radius 1 is 1.28 bits per heavy atom. The van der Waals surface area contributed by atoms with Crippen LogP contribution in [0.25, 0.3) is 28.0 Å². The molecule has 1 saturated carbocycles. The predicted molar refractivity (Wildman–Crippen MR) is 125 cm³/mol. The lowest BCUT2D eigenvalue weighted by Crippen LogP contribution is -2.10. The van der Waals surface area contributed by atoms with Crippen molar-refractivity contribution in [3.63, 3.8) is 0 Å². The quantitative estimate of drug-likeness (QED) is 0.209. The maximum atomic E-state index is 12.0. The van der Waals surface area contributed by atoms with Crippen LogP contribution in [-0.4, -0.2) is 52.8 Å². The first-order chi connectivity index (χ1) is 15.6.